The van der Waals surface area contributed by atoms with Crippen LogP contribution in [0.1, 0.15) is 26.3 Å². The summed E-state index contributed by atoms with van der Waals surface area (Å²) in [6, 6.07) is 12.6. The molecule has 1 aliphatic rings. The van der Waals surface area contributed by atoms with Crippen molar-refractivity contribution in [3.63, 3.8) is 0 Å². The van der Waals surface area contributed by atoms with Crippen molar-refractivity contribution in [2.75, 3.05) is 5.43 Å². The average Bonchev–Trinajstić information content (AvgIpc) is 2.79. The molecule has 6 heteroatoms. The fourth-order valence-corrected chi connectivity index (χ4v) is 2.56. The van der Waals surface area contributed by atoms with Crippen LogP contribution in [0, 0.1) is 0 Å². The Balaban J connectivity index is 1.89. The number of para-hydroxylation sites is 1. The summed E-state index contributed by atoms with van der Waals surface area (Å²) in [4.78, 5) is 24.9. The summed E-state index contributed by atoms with van der Waals surface area (Å²) in [5, 5.41) is 11.0. The van der Waals surface area contributed by atoms with Gasteiger partial charge in [-0.05, 0) is 23.1 Å². The summed E-state index contributed by atoms with van der Waals surface area (Å²) < 4.78 is 1.46. The first-order chi connectivity index (χ1) is 11.8. The van der Waals surface area contributed by atoms with Crippen LogP contribution in [0.3, 0.4) is 0 Å². The number of benzene rings is 1. The molecule has 128 valence electrons. The van der Waals surface area contributed by atoms with Gasteiger partial charge in [0.2, 0.25) is 0 Å². The highest BCUT2D eigenvalue weighted by Gasteiger charge is 2.45. The van der Waals surface area contributed by atoms with Crippen molar-refractivity contribution in [2.45, 2.75) is 26.2 Å². The standard InChI is InChI=1S/C19H19N3O3/c1-19(2,3)13-9-11-21(12-10-13)15-16(23)18(25)22(17(15)24)20-14-7-5-4-6-8-14/h4-12,20H,1-3H3/p+1. The first kappa shape index (κ1) is 16.7. The molecule has 3 rings (SSSR count). The minimum Gasteiger partial charge on any atom is -0.498 e. The molecule has 1 aliphatic heterocycles. The first-order valence-corrected chi connectivity index (χ1v) is 7.95. The smallest absolute Gasteiger partial charge is 0.349 e. The Bertz CT molecular complexity index is 850. The van der Waals surface area contributed by atoms with Crippen molar-refractivity contribution in [3.8, 4) is 0 Å². The molecule has 0 spiro atoms. The van der Waals surface area contributed by atoms with Crippen molar-refractivity contribution in [1.29, 1.82) is 0 Å². The van der Waals surface area contributed by atoms with Crippen LogP contribution in [-0.2, 0) is 15.0 Å². The van der Waals surface area contributed by atoms with Crippen LogP contribution < -0.4 is 9.99 Å². The third-order valence-corrected chi connectivity index (χ3v) is 4.00. The predicted molar refractivity (Wildman–Crippen MR) is 93.1 cm³/mol. The summed E-state index contributed by atoms with van der Waals surface area (Å²) in [5.41, 5.74) is 4.27. The van der Waals surface area contributed by atoms with Gasteiger partial charge >= 0.3 is 17.5 Å². The van der Waals surface area contributed by atoms with Gasteiger partial charge in [-0.25, -0.2) is 0 Å². The second-order valence-corrected chi connectivity index (χ2v) is 6.86. The first-order valence-electron chi connectivity index (χ1n) is 7.95. The van der Waals surface area contributed by atoms with Gasteiger partial charge in [-0.1, -0.05) is 39.0 Å². The maximum atomic E-state index is 12.6. The molecular weight excluding hydrogens is 318 g/mol. The Morgan fingerprint density at radius 3 is 2.12 bits per heavy atom. The van der Waals surface area contributed by atoms with Gasteiger partial charge in [0.25, 0.3) is 5.76 Å². The number of aromatic nitrogens is 1. The molecule has 1 aromatic carbocycles. The number of nitrogens with one attached hydrogen (secondary N) is 1. The number of hydrogen-bond acceptors (Lipinski definition) is 4. The maximum Gasteiger partial charge on any atom is 0.349 e. The van der Waals surface area contributed by atoms with Crippen LogP contribution in [0.4, 0.5) is 5.69 Å². The number of hydrazine groups is 1. The fraction of sp³-hybridized carbons (Fsp3) is 0.211. The summed E-state index contributed by atoms with van der Waals surface area (Å²) >= 11 is 0. The van der Waals surface area contributed by atoms with Gasteiger partial charge in [0.05, 0.1) is 5.69 Å². The second kappa shape index (κ2) is 6.05. The van der Waals surface area contributed by atoms with Gasteiger partial charge in [-0.15, -0.1) is 0 Å². The zero-order valence-corrected chi connectivity index (χ0v) is 14.4. The number of anilines is 1. The predicted octanol–water partition coefficient (Wildman–Crippen LogP) is 2.39. The van der Waals surface area contributed by atoms with E-state index in [0.717, 1.165) is 10.6 Å². The second-order valence-electron chi connectivity index (χ2n) is 6.86. The molecule has 2 amide bonds. The molecule has 0 atom stereocenters. The molecule has 0 fully saturated rings. The molecule has 25 heavy (non-hydrogen) atoms. The highest BCUT2D eigenvalue weighted by Crippen LogP contribution is 2.23. The number of amides is 2. The summed E-state index contributed by atoms with van der Waals surface area (Å²) in [7, 11) is 0. The van der Waals surface area contributed by atoms with E-state index in [-0.39, 0.29) is 11.1 Å². The number of hydrogen-bond donors (Lipinski definition) is 2. The van der Waals surface area contributed by atoms with Gasteiger partial charge in [0, 0.05) is 12.1 Å². The van der Waals surface area contributed by atoms with E-state index in [0.29, 0.717) is 5.69 Å². The van der Waals surface area contributed by atoms with Crippen LogP contribution in [-0.4, -0.2) is 21.9 Å². The maximum absolute atomic E-state index is 12.6. The number of aliphatic hydroxyl groups is 1. The topological polar surface area (TPSA) is 73.5 Å². The monoisotopic (exact) mass is 338 g/mol. The van der Waals surface area contributed by atoms with Gasteiger partial charge < -0.3 is 5.11 Å². The molecule has 6 nitrogen and oxygen atoms in total. The van der Waals surface area contributed by atoms with Crippen molar-refractivity contribution in [1.82, 2.24) is 5.01 Å². The molecule has 2 aromatic rings. The summed E-state index contributed by atoms with van der Waals surface area (Å²) in [5.74, 6) is -1.97. The molecule has 0 bridgehead atoms. The van der Waals surface area contributed by atoms with Crippen LogP contribution >= 0.6 is 0 Å². The van der Waals surface area contributed by atoms with Gasteiger partial charge in [-0.2, -0.15) is 9.58 Å². The highest BCUT2D eigenvalue weighted by molar-refractivity contribution is 6.29. The molecule has 0 unspecified atom stereocenters. The lowest BCUT2D eigenvalue weighted by Gasteiger charge is -2.17. The number of aliphatic hydroxyl groups excluding tert-OH is 1. The lowest BCUT2D eigenvalue weighted by Crippen LogP contribution is -2.42. The van der Waals surface area contributed by atoms with E-state index in [1.54, 1.807) is 36.7 Å². The van der Waals surface area contributed by atoms with E-state index in [1.165, 1.54) is 4.57 Å². The molecule has 0 saturated heterocycles. The number of pyridine rings is 1. The Morgan fingerprint density at radius 2 is 1.56 bits per heavy atom. The minimum atomic E-state index is -0.781. The molecule has 0 aliphatic carbocycles. The van der Waals surface area contributed by atoms with Crippen molar-refractivity contribution >= 4 is 23.2 Å². The van der Waals surface area contributed by atoms with E-state index in [2.05, 4.69) is 26.2 Å². The van der Waals surface area contributed by atoms with Crippen LogP contribution in [0.5, 0.6) is 0 Å². The molecule has 2 N–H and O–H groups in total. The van der Waals surface area contributed by atoms with Crippen LogP contribution in [0.25, 0.3) is 5.70 Å². The zero-order valence-electron chi connectivity index (χ0n) is 14.4. The van der Waals surface area contributed by atoms with Gasteiger partial charge in [-0.3, -0.25) is 15.0 Å². The summed E-state index contributed by atoms with van der Waals surface area (Å²) in [6.45, 7) is 6.25. The fourth-order valence-electron chi connectivity index (χ4n) is 2.56. The number of nitrogens with zero attached hydrogens (tertiary/aromatic N) is 2. The van der Waals surface area contributed by atoms with E-state index in [9.17, 15) is 14.7 Å². The normalized spacial score (nSPS) is 15.1. The largest absolute Gasteiger partial charge is 0.498 e. The van der Waals surface area contributed by atoms with Gasteiger partial charge in [0.15, 0.2) is 12.4 Å². The van der Waals surface area contributed by atoms with Crippen LogP contribution in [0.15, 0.2) is 60.6 Å². The quantitative estimate of drug-likeness (QED) is 0.666. The Hall–Kier alpha value is -3.15. The number of rotatable bonds is 3. The molecule has 0 radical (unpaired) electrons. The van der Waals surface area contributed by atoms with E-state index in [4.69, 9.17) is 0 Å². The summed E-state index contributed by atoms with van der Waals surface area (Å²) in [6.07, 6.45) is 3.34. The third-order valence-electron chi connectivity index (χ3n) is 4.00. The van der Waals surface area contributed by atoms with Crippen LogP contribution in [0.2, 0.25) is 0 Å². The van der Waals surface area contributed by atoms with Crippen molar-refractivity contribution < 1.29 is 19.3 Å². The van der Waals surface area contributed by atoms with E-state index in [1.807, 2.05) is 18.2 Å². The molecule has 1 aromatic heterocycles. The molecular formula is C19H20N3O3+. The van der Waals surface area contributed by atoms with E-state index < -0.39 is 17.6 Å². The SMILES string of the molecule is CC(C)(C)c1cc[n+](C2=C(O)C(=O)N(Nc3ccccc3)C2=O)cc1. The van der Waals surface area contributed by atoms with Gasteiger partial charge in [0.1, 0.15) is 0 Å². The molecule has 0 saturated carbocycles. The van der Waals surface area contributed by atoms with Crippen molar-refractivity contribution in [3.05, 3.63) is 66.2 Å². The lowest BCUT2D eigenvalue weighted by molar-refractivity contribution is -0.578. The Morgan fingerprint density at radius 1 is 0.960 bits per heavy atom. The average molecular weight is 338 g/mol. The minimum absolute atomic E-state index is 0.0358. The Labute approximate surface area is 146 Å². The third kappa shape index (κ3) is 3.10. The number of carbonyl (C=O) groups is 2. The Kier molecular flexibility index (Phi) is 4.04. The lowest BCUT2D eigenvalue weighted by atomic mass is 9.88. The zero-order chi connectivity index (χ0) is 18.2. The van der Waals surface area contributed by atoms with E-state index >= 15 is 0 Å². The van der Waals surface area contributed by atoms with Crippen molar-refractivity contribution in [2.24, 2.45) is 0 Å². The number of imide groups is 1. The highest BCUT2D eigenvalue weighted by atomic mass is 16.3. The number of carbonyl (C=O) groups excluding carboxylic acids is 2. The molecule has 2 heterocycles.